The number of nitrogens with zero attached hydrogens (tertiary/aromatic N) is 1. The summed E-state index contributed by atoms with van der Waals surface area (Å²) in [4.78, 5) is 23.8. The molecular weight excluding hydrogens is 194 g/mol. The quantitative estimate of drug-likeness (QED) is 0.569. The molecule has 0 saturated heterocycles. The molecule has 0 aliphatic rings. The summed E-state index contributed by atoms with van der Waals surface area (Å²) in [6.45, 7) is 0.286. The van der Waals surface area contributed by atoms with Crippen molar-refractivity contribution in [2.24, 2.45) is 5.73 Å². The molecule has 1 atom stereocenters. The predicted molar refractivity (Wildman–Crippen MR) is 57.7 cm³/mol. The van der Waals surface area contributed by atoms with Crippen LogP contribution in [0.25, 0.3) is 0 Å². The zero-order valence-corrected chi connectivity index (χ0v) is 9.12. The van der Waals surface area contributed by atoms with Crippen LogP contribution in [0.4, 0.5) is 0 Å². The largest absolute Gasteiger partial charge is 0.354 e. The number of hydrogen-bond donors (Lipinski definition) is 2. The van der Waals surface area contributed by atoms with Crippen LogP contribution in [0, 0.1) is 12.3 Å². The highest BCUT2D eigenvalue weighted by molar-refractivity contribution is 5.82. The second-order valence-electron chi connectivity index (χ2n) is 3.34. The molecule has 0 spiro atoms. The van der Waals surface area contributed by atoms with Gasteiger partial charge in [0, 0.05) is 33.5 Å². The fraction of sp³-hybridized carbons (Fsp3) is 0.600. The summed E-state index contributed by atoms with van der Waals surface area (Å²) in [5.74, 6) is 1.94. The van der Waals surface area contributed by atoms with Crippen molar-refractivity contribution in [3.05, 3.63) is 0 Å². The maximum Gasteiger partial charge on any atom is 0.237 e. The molecule has 15 heavy (non-hydrogen) atoms. The van der Waals surface area contributed by atoms with Gasteiger partial charge in [-0.3, -0.25) is 9.59 Å². The summed E-state index contributed by atoms with van der Waals surface area (Å²) >= 11 is 0. The summed E-state index contributed by atoms with van der Waals surface area (Å²) in [7, 11) is 3.32. The third-order valence-electron chi connectivity index (χ3n) is 1.81. The van der Waals surface area contributed by atoms with Crippen LogP contribution in [0.3, 0.4) is 0 Å². The van der Waals surface area contributed by atoms with E-state index in [-0.39, 0.29) is 31.2 Å². The lowest BCUT2D eigenvalue weighted by molar-refractivity contribution is -0.128. The Morgan fingerprint density at radius 2 is 2.13 bits per heavy atom. The van der Waals surface area contributed by atoms with Gasteiger partial charge in [-0.1, -0.05) is 0 Å². The van der Waals surface area contributed by atoms with Crippen LogP contribution in [0.2, 0.25) is 0 Å². The molecule has 5 heteroatoms. The Morgan fingerprint density at radius 3 is 2.60 bits per heavy atom. The predicted octanol–water partition coefficient (Wildman–Crippen LogP) is -1.07. The lowest BCUT2D eigenvalue weighted by Crippen LogP contribution is -2.41. The van der Waals surface area contributed by atoms with Crippen molar-refractivity contribution in [3.8, 4) is 12.3 Å². The molecule has 0 fully saturated rings. The molecule has 0 bridgehead atoms. The third-order valence-corrected chi connectivity index (χ3v) is 1.81. The molecule has 2 amide bonds. The summed E-state index contributed by atoms with van der Waals surface area (Å²) in [5, 5.41) is 2.55. The summed E-state index contributed by atoms with van der Waals surface area (Å²) < 4.78 is 0. The molecule has 0 aromatic rings. The van der Waals surface area contributed by atoms with E-state index in [0.717, 1.165) is 0 Å². The van der Waals surface area contributed by atoms with E-state index in [4.69, 9.17) is 12.2 Å². The minimum Gasteiger partial charge on any atom is -0.354 e. The average molecular weight is 211 g/mol. The van der Waals surface area contributed by atoms with Gasteiger partial charge in [0.05, 0.1) is 6.04 Å². The minimum absolute atomic E-state index is 0.0409. The first kappa shape index (κ1) is 13.5. The molecule has 0 aliphatic carbocycles. The number of terminal acetylenes is 1. The van der Waals surface area contributed by atoms with Gasteiger partial charge in [-0.25, -0.2) is 0 Å². The number of hydrogen-bond acceptors (Lipinski definition) is 3. The molecule has 0 rings (SSSR count). The highest BCUT2D eigenvalue weighted by Crippen LogP contribution is 1.88. The molecule has 0 aromatic carbocycles. The zero-order valence-electron chi connectivity index (χ0n) is 9.12. The van der Waals surface area contributed by atoms with Crippen molar-refractivity contribution in [2.45, 2.75) is 18.9 Å². The van der Waals surface area contributed by atoms with Crippen LogP contribution in [-0.2, 0) is 9.59 Å². The fourth-order valence-corrected chi connectivity index (χ4v) is 0.867. The Balaban J connectivity index is 3.74. The monoisotopic (exact) mass is 211 g/mol. The zero-order chi connectivity index (χ0) is 11.8. The number of carbonyl (C=O) groups excluding carboxylic acids is 2. The van der Waals surface area contributed by atoms with Gasteiger partial charge >= 0.3 is 0 Å². The lowest BCUT2D eigenvalue weighted by atomic mass is 10.2. The van der Waals surface area contributed by atoms with E-state index >= 15 is 0 Å². The number of nitrogens with two attached hydrogens (primary N) is 1. The van der Waals surface area contributed by atoms with Crippen molar-refractivity contribution < 1.29 is 9.59 Å². The number of nitrogens with one attached hydrogen (secondary N) is 1. The van der Waals surface area contributed by atoms with Crippen LogP contribution >= 0.6 is 0 Å². The van der Waals surface area contributed by atoms with Crippen molar-refractivity contribution in [3.63, 3.8) is 0 Å². The molecule has 0 aromatic heterocycles. The SMILES string of the molecule is C#CCC(N)C(=O)NCCC(=O)N(C)C. The first-order valence-corrected chi connectivity index (χ1v) is 4.66. The van der Waals surface area contributed by atoms with E-state index in [9.17, 15) is 9.59 Å². The minimum atomic E-state index is -0.690. The third kappa shape index (κ3) is 5.70. The van der Waals surface area contributed by atoms with Gasteiger partial charge in [-0.15, -0.1) is 12.3 Å². The average Bonchev–Trinajstić information content (AvgIpc) is 2.17. The summed E-state index contributed by atoms with van der Waals surface area (Å²) in [5.41, 5.74) is 5.45. The van der Waals surface area contributed by atoms with Gasteiger partial charge in [0.1, 0.15) is 0 Å². The molecule has 3 N–H and O–H groups in total. The Labute approximate surface area is 90.0 Å². The summed E-state index contributed by atoms with van der Waals surface area (Å²) in [6.07, 6.45) is 5.48. The number of amides is 2. The maximum atomic E-state index is 11.2. The number of carbonyl (C=O) groups is 2. The van der Waals surface area contributed by atoms with Gasteiger partial charge in [0.2, 0.25) is 11.8 Å². The second-order valence-corrected chi connectivity index (χ2v) is 3.34. The molecule has 0 heterocycles. The Bertz CT molecular complexity index is 268. The van der Waals surface area contributed by atoms with Crippen LogP contribution in [0.15, 0.2) is 0 Å². The fourth-order valence-electron chi connectivity index (χ4n) is 0.867. The normalized spacial score (nSPS) is 11.3. The van der Waals surface area contributed by atoms with Gasteiger partial charge in [-0.05, 0) is 0 Å². The Kier molecular flexibility index (Phi) is 6.14. The van der Waals surface area contributed by atoms with Crippen LogP contribution in [-0.4, -0.2) is 43.4 Å². The molecule has 0 saturated carbocycles. The van der Waals surface area contributed by atoms with E-state index in [1.807, 2.05) is 0 Å². The highest BCUT2D eigenvalue weighted by Gasteiger charge is 2.11. The first-order chi connectivity index (χ1) is 6.99. The molecule has 1 unspecified atom stereocenters. The van der Waals surface area contributed by atoms with Crippen molar-refractivity contribution >= 4 is 11.8 Å². The van der Waals surface area contributed by atoms with Gasteiger partial charge in [0.25, 0.3) is 0 Å². The first-order valence-electron chi connectivity index (χ1n) is 4.66. The van der Waals surface area contributed by atoms with E-state index in [2.05, 4.69) is 11.2 Å². The number of rotatable bonds is 5. The van der Waals surface area contributed by atoms with Crippen LogP contribution in [0.1, 0.15) is 12.8 Å². The molecule has 5 nitrogen and oxygen atoms in total. The molecular formula is C10H17N3O2. The Morgan fingerprint density at radius 1 is 1.53 bits per heavy atom. The smallest absolute Gasteiger partial charge is 0.237 e. The van der Waals surface area contributed by atoms with Crippen molar-refractivity contribution in [2.75, 3.05) is 20.6 Å². The van der Waals surface area contributed by atoms with Gasteiger partial charge in [-0.2, -0.15) is 0 Å². The maximum absolute atomic E-state index is 11.2. The summed E-state index contributed by atoms with van der Waals surface area (Å²) in [6, 6.07) is -0.690. The Hall–Kier alpha value is -1.54. The van der Waals surface area contributed by atoms with E-state index in [0.29, 0.717) is 0 Å². The van der Waals surface area contributed by atoms with E-state index < -0.39 is 6.04 Å². The topological polar surface area (TPSA) is 75.4 Å². The van der Waals surface area contributed by atoms with E-state index in [1.165, 1.54) is 4.90 Å². The standard InChI is InChI=1S/C10H17N3O2/c1-4-5-8(11)10(15)12-7-6-9(14)13(2)3/h1,8H,5-7,11H2,2-3H3,(H,12,15). The van der Waals surface area contributed by atoms with Crippen LogP contribution in [0.5, 0.6) is 0 Å². The molecule has 0 aliphatic heterocycles. The highest BCUT2D eigenvalue weighted by atomic mass is 16.2. The lowest BCUT2D eigenvalue weighted by Gasteiger charge is -2.12. The second kappa shape index (κ2) is 6.85. The molecule has 0 radical (unpaired) electrons. The van der Waals surface area contributed by atoms with Crippen molar-refractivity contribution in [1.29, 1.82) is 0 Å². The van der Waals surface area contributed by atoms with Gasteiger partial charge in [0.15, 0.2) is 0 Å². The van der Waals surface area contributed by atoms with Crippen LogP contribution < -0.4 is 11.1 Å². The van der Waals surface area contributed by atoms with Gasteiger partial charge < -0.3 is 16.0 Å². The molecule has 84 valence electrons. The van der Waals surface area contributed by atoms with Crippen molar-refractivity contribution in [1.82, 2.24) is 10.2 Å². The van der Waals surface area contributed by atoms with E-state index in [1.54, 1.807) is 14.1 Å².